The summed E-state index contributed by atoms with van der Waals surface area (Å²) in [7, 11) is 3.37. The number of ether oxygens (including phenoxy) is 1. The molecule has 3 heteroatoms. The van der Waals surface area contributed by atoms with Crippen LogP contribution in [0.25, 0.3) is 11.1 Å². The summed E-state index contributed by atoms with van der Waals surface area (Å²) in [5.41, 5.74) is 5.37. The van der Waals surface area contributed by atoms with Gasteiger partial charge in [0, 0.05) is 0 Å². The summed E-state index contributed by atoms with van der Waals surface area (Å²) >= 11 is 0. The molecule has 0 aliphatic rings. The number of hydrogen-bond donors (Lipinski definition) is 0. The highest BCUT2D eigenvalue weighted by Crippen LogP contribution is 2.41. The molecule has 182 valence electrons. The van der Waals surface area contributed by atoms with E-state index >= 15 is 0 Å². The molecule has 0 N–H and O–H groups in total. The van der Waals surface area contributed by atoms with Gasteiger partial charge in [-0.15, -0.1) is 9.24 Å². The van der Waals surface area contributed by atoms with Crippen LogP contribution in [-0.4, -0.2) is 5.34 Å². The van der Waals surface area contributed by atoms with Crippen molar-refractivity contribution < 1.29 is 4.74 Å². The largest absolute Gasteiger partial charge is 0.483 e. The van der Waals surface area contributed by atoms with Gasteiger partial charge >= 0.3 is 0 Å². The fourth-order valence-electron chi connectivity index (χ4n) is 4.32. The molecule has 0 spiro atoms. The molecule has 2 unspecified atom stereocenters. The molecule has 0 radical (unpaired) electrons. The summed E-state index contributed by atoms with van der Waals surface area (Å²) in [5, 5.41) is 2.42. The van der Waals surface area contributed by atoms with Crippen LogP contribution in [0.1, 0.15) is 77.3 Å². The van der Waals surface area contributed by atoms with E-state index in [0.29, 0.717) is 8.58 Å². The van der Waals surface area contributed by atoms with Gasteiger partial charge in [0.25, 0.3) is 0 Å². The average Bonchev–Trinajstić information content (AvgIpc) is 2.87. The maximum absolute atomic E-state index is 6.93. The zero-order chi connectivity index (χ0) is 24.4. The molecule has 0 fully saturated rings. The molecule has 3 aromatic rings. The lowest BCUT2D eigenvalue weighted by atomic mass is 10.0. The molecule has 0 aromatic heterocycles. The van der Waals surface area contributed by atoms with E-state index in [1.165, 1.54) is 58.5 Å². The van der Waals surface area contributed by atoms with Gasteiger partial charge in [0.05, 0.1) is 0 Å². The van der Waals surface area contributed by atoms with Gasteiger partial charge in [-0.1, -0.05) is 101 Å². The zero-order valence-electron chi connectivity index (χ0n) is 21.5. The van der Waals surface area contributed by atoms with Gasteiger partial charge in [0.15, 0.2) is 0 Å². The summed E-state index contributed by atoms with van der Waals surface area (Å²) in [6, 6.07) is 24.7. The average molecular weight is 493 g/mol. The van der Waals surface area contributed by atoms with E-state index in [2.05, 4.69) is 104 Å². The van der Waals surface area contributed by atoms with Crippen LogP contribution < -0.4 is 15.3 Å². The number of aryl methyl sites for hydroxylation is 2. The van der Waals surface area contributed by atoms with E-state index < -0.39 is 0 Å². The highest BCUT2D eigenvalue weighted by atomic mass is 31.1. The van der Waals surface area contributed by atoms with E-state index in [1.807, 2.05) is 0 Å². The summed E-state index contributed by atoms with van der Waals surface area (Å²) in [4.78, 5) is 0. The standard InChI is InChI=1S/C31H42OP2/c1-5-9-11-24-13-22-30(27(23-24)12-10-6-2)32-31(7-3,8-4)34-29-20-16-26(17-21-29)25-14-18-28(33)19-15-25/h13-23,34H,5-12,33H2,1-4H3. The first kappa shape index (κ1) is 26.9. The van der Waals surface area contributed by atoms with Crippen LogP contribution >= 0.6 is 17.8 Å². The van der Waals surface area contributed by atoms with Crippen molar-refractivity contribution in [3.63, 3.8) is 0 Å². The predicted octanol–water partition coefficient (Wildman–Crippen LogP) is 8.44. The number of benzene rings is 3. The Morgan fingerprint density at radius 1 is 0.735 bits per heavy atom. The third-order valence-electron chi connectivity index (χ3n) is 6.69. The molecule has 0 aliphatic heterocycles. The molecule has 0 heterocycles. The third kappa shape index (κ3) is 7.41. The van der Waals surface area contributed by atoms with Gasteiger partial charge < -0.3 is 4.74 Å². The Morgan fingerprint density at radius 3 is 1.91 bits per heavy atom. The lowest BCUT2D eigenvalue weighted by Crippen LogP contribution is -2.32. The SMILES string of the molecule is CCCCc1ccc(OC(CC)(CC)Pc2ccc(-c3ccc(P)cc3)cc2)c(CCCC)c1. The zero-order valence-corrected chi connectivity index (χ0v) is 23.6. The van der Waals surface area contributed by atoms with Crippen LogP contribution in [-0.2, 0) is 12.8 Å². The summed E-state index contributed by atoms with van der Waals surface area (Å²) < 4.78 is 6.93. The normalized spacial score (nSPS) is 11.9. The number of rotatable bonds is 13. The van der Waals surface area contributed by atoms with Crippen LogP contribution in [0.4, 0.5) is 0 Å². The van der Waals surface area contributed by atoms with Crippen molar-refractivity contribution in [2.24, 2.45) is 0 Å². The van der Waals surface area contributed by atoms with Gasteiger partial charge in [-0.05, 0) is 86.0 Å². The third-order valence-corrected chi connectivity index (χ3v) is 8.96. The van der Waals surface area contributed by atoms with Crippen molar-refractivity contribution in [1.29, 1.82) is 0 Å². The molecule has 3 aromatic carbocycles. The van der Waals surface area contributed by atoms with Crippen LogP contribution in [0.5, 0.6) is 5.75 Å². The maximum Gasteiger partial charge on any atom is 0.128 e. The van der Waals surface area contributed by atoms with Crippen LogP contribution in [0.3, 0.4) is 0 Å². The smallest absolute Gasteiger partial charge is 0.128 e. The molecular formula is C31H42OP2. The summed E-state index contributed by atoms with van der Waals surface area (Å²) in [6.07, 6.45) is 9.17. The molecule has 2 atom stereocenters. The molecule has 3 rings (SSSR count). The predicted molar refractivity (Wildman–Crippen MR) is 157 cm³/mol. The number of hydrogen-bond acceptors (Lipinski definition) is 1. The highest BCUT2D eigenvalue weighted by Gasteiger charge is 2.30. The van der Waals surface area contributed by atoms with E-state index in [1.54, 1.807) is 0 Å². The van der Waals surface area contributed by atoms with Crippen molar-refractivity contribution in [2.45, 2.75) is 84.4 Å². The van der Waals surface area contributed by atoms with E-state index in [-0.39, 0.29) is 5.34 Å². The fourth-order valence-corrected chi connectivity index (χ4v) is 5.89. The van der Waals surface area contributed by atoms with Gasteiger partial charge in [-0.3, -0.25) is 0 Å². The Bertz CT molecular complexity index is 1000. The fraction of sp³-hybridized carbons (Fsp3) is 0.419. The minimum atomic E-state index is -0.158. The van der Waals surface area contributed by atoms with Crippen molar-refractivity contribution in [1.82, 2.24) is 0 Å². The van der Waals surface area contributed by atoms with Gasteiger partial charge in [-0.25, -0.2) is 0 Å². The summed E-state index contributed by atoms with van der Waals surface area (Å²) in [6.45, 7) is 9.08. The van der Waals surface area contributed by atoms with Gasteiger partial charge in [0.2, 0.25) is 0 Å². The van der Waals surface area contributed by atoms with Crippen molar-refractivity contribution in [2.75, 3.05) is 0 Å². The molecule has 0 saturated heterocycles. The monoisotopic (exact) mass is 492 g/mol. The molecule has 1 nitrogen and oxygen atoms in total. The van der Waals surface area contributed by atoms with Gasteiger partial charge in [-0.2, -0.15) is 0 Å². The van der Waals surface area contributed by atoms with E-state index in [0.717, 1.165) is 31.4 Å². The van der Waals surface area contributed by atoms with Crippen molar-refractivity contribution >= 4 is 28.4 Å². The molecule has 34 heavy (non-hydrogen) atoms. The van der Waals surface area contributed by atoms with Crippen LogP contribution in [0.15, 0.2) is 66.7 Å². The Labute approximate surface area is 212 Å². The first-order valence-corrected chi connectivity index (χ1v) is 14.6. The first-order chi connectivity index (χ1) is 16.5. The number of unbranched alkanes of at least 4 members (excludes halogenated alkanes) is 2. The minimum absolute atomic E-state index is 0.158. The first-order valence-electron chi connectivity index (χ1n) is 13.1. The Kier molecular flexibility index (Phi) is 10.6. The Balaban J connectivity index is 1.81. The van der Waals surface area contributed by atoms with E-state index in [4.69, 9.17) is 4.74 Å². The molecular weight excluding hydrogens is 450 g/mol. The Morgan fingerprint density at radius 2 is 1.32 bits per heavy atom. The lowest BCUT2D eigenvalue weighted by Gasteiger charge is -2.34. The summed E-state index contributed by atoms with van der Waals surface area (Å²) in [5.74, 6) is 1.10. The van der Waals surface area contributed by atoms with Crippen LogP contribution in [0.2, 0.25) is 0 Å². The lowest BCUT2D eigenvalue weighted by molar-refractivity contribution is 0.152. The molecule has 0 saturated carbocycles. The van der Waals surface area contributed by atoms with Crippen LogP contribution in [0, 0.1) is 0 Å². The maximum atomic E-state index is 6.93. The van der Waals surface area contributed by atoms with Crippen molar-refractivity contribution in [3.8, 4) is 16.9 Å². The second-order valence-corrected chi connectivity index (χ2v) is 11.7. The van der Waals surface area contributed by atoms with Gasteiger partial charge in [0.1, 0.15) is 11.1 Å². The topological polar surface area (TPSA) is 9.23 Å². The quantitative estimate of drug-likeness (QED) is 0.218. The minimum Gasteiger partial charge on any atom is -0.483 e. The second kappa shape index (κ2) is 13.4. The molecule has 0 aliphatic carbocycles. The highest BCUT2D eigenvalue weighted by molar-refractivity contribution is 7.48. The second-order valence-electron chi connectivity index (χ2n) is 9.28. The molecule has 0 bridgehead atoms. The van der Waals surface area contributed by atoms with Crippen molar-refractivity contribution in [3.05, 3.63) is 77.9 Å². The van der Waals surface area contributed by atoms with E-state index in [9.17, 15) is 0 Å². The molecule has 0 amide bonds. The Hall–Kier alpha value is -1.68.